The molecule has 0 unspecified atom stereocenters. The van der Waals surface area contributed by atoms with Crippen LogP contribution in [0.15, 0.2) is 91.0 Å². The van der Waals surface area contributed by atoms with Crippen LogP contribution in [-0.2, 0) is 13.0 Å². The molecular weight excluding hydrogens is 583 g/mol. The summed E-state index contributed by atoms with van der Waals surface area (Å²) >= 11 is 6.15. The van der Waals surface area contributed by atoms with Gasteiger partial charge in [-0.05, 0) is 73.4 Å². The summed E-state index contributed by atoms with van der Waals surface area (Å²) < 4.78 is 47.8. The maximum Gasteiger partial charge on any atom is 0.211 e. The molecule has 4 nitrogen and oxygen atoms in total. The number of aromatic nitrogens is 3. The highest BCUT2D eigenvalue weighted by Gasteiger charge is 2.32. The number of hydrogen-bond acceptors (Lipinski definition) is 2. The molecule has 0 N–H and O–H groups in total. The maximum absolute atomic E-state index is 15.5. The van der Waals surface area contributed by atoms with Gasteiger partial charge in [0.15, 0.2) is 11.6 Å². The molecule has 0 bridgehead atoms. The van der Waals surface area contributed by atoms with Gasteiger partial charge in [0.1, 0.15) is 22.7 Å². The normalized spacial score (nSPS) is 13.2. The van der Waals surface area contributed by atoms with Gasteiger partial charge < -0.3 is 4.57 Å². The Hall–Kier alpha value is -4.88. The Labute approximate surface area is 255 Å². The second-order valence-electron chi connectivity index (χ2n) is 11.1. The van der Waals surface area contributed by atoms with Crippen LogP contribution >= 0.6 is 11.6 Å². The van der Waals surface area contributed by atoms with Gasteiger partial charge in [0.2, 0.25) is 5.78 Å². The molecule has 0 aliphatic carbocycles. The number of carbonyl (C=O) groups is 1. The van der Waals surface area contributed by atoms with Crippen LogP contribution in [0.2, 0.25) is 5.02 Å². The first kappa shape index (κ1) is 26.7. The molecule has 44 heavy (non-hydrogen) atoms. The van der Waals surface area contributed by atoms with Crippen molar-refractivity contribution in [2.75, 3.05) is 0 Å². The zero-order valence-corrected chi connectivity index (χ0v) is 24.0. The van der Waals surface area contributed by atoms with Crippen LogP contribution in [0.3, 0.4) is 0 Å². The molecule has 0 saturated heterocycles. The van der Waals surface area contributed by atoms with Gasteiger partial charge in [-0.25, -0.2) is 18.2 Å². The Kier molecular flexibility index (Phi) is 6.13. The molecule has 1 aliphatic rings. The Balaban J connectivity index is 1.50. The van der Waals surface area contributed by atoms with Crippen molar-refractivity contribution in [1.82, 2.24) is 14.0 Å². The molecule has 1 aliphatic heterocycles. The van der Waals surface area contributed by atoms with E-state index in [0.29, 0.717) is 68.1 Å². The van der Waals surface area contributed by atoms with E-state index in [1.54, 1.807) is 39.3 Å². The van der Waals surface area contributed by atoms with Gasteiger partial charge in [0.05, 0.1) is 16.7 Å². The number of hydrogen-bond donors (Lipinski definition) is 0. The number of nitrogens with zero attached hydrogens (tertiary/aromatic N) is 3. The number of fused-ring (bicyclic) bond motifs is 4. The van der Waals surface area contributed by atoms with E-state index in [1.807, 2.05) is 36.4 Å². The molecular formula is C36H23ClF3N3O. The summed E-state index contributed by atoms with van der Waals surface area (Å²) in [6.45, 7) is 0.472. The number of rotatable bonds is 4. The highest BCUT2D eigenvalue weighted by atomic mass is 35.5. The van der Waals surface area contributed by atoms with E-state index >= 15 is 9.18 Å². The van der Waals surface area contributed by atoms with Crippen LogP contribution in [0.4, 0.5) is 13.2 Å². The Morgan fingerprint density at radius 1 is 0.841 bits per heavy atom. The van der Waals surface area contributed by atoms with Gasteiger partial charge in [0, 0.05) is 39.2 Å². The monoisotopic (exact) mass is 605 g/mol. The van der Waals surface area contributed by atoms with Crippen molar-refractivity contribution in [1.29, 1.82) is 0 Å². The van der Waals surface area contributed by atoms with Crippen molar-refractivity contribution < 1.29 is 18.0 Å². The molecule has 3 aromatic heterocycles. The summed E-state index contributed by atoms with van der Waals surface area (Å²) in [5.74, 6) is -2.58. The predicted octanol–water partition coefficient (Wildman–Crippen LogP) is 9.41. The Morgan fingerprint density at radius 3 is 2.39 bits per heavy atom. The van der Waals surface area contributed by atoms with Crippen molar-refractivity contribution in [2.45, 2.75) is 25.8 Å². The third-order valence-corrected chi connectivity index (χ3v) is 8.82. The second-order valence-corrected chi connectivity index (χ2v) is 11.6. The number of carbonyl (C=O) groups excluding carboxylic acids is 1. The zero-order chi connectivity index (χ0) is 30.1. The largest absolute Gasteiger partial charge is 0.323 e. The molecule has 0 fully saturated rings. The third-order valence-electron chi connectivity index (χ3n) is 8.57. The molecule has 0 spiro atoms. The average molecular weight is 606 g/mol. The molecule has 8 heteroatoms. The van der Waals surface area contributed by atoms with Gasteiger partial charge in [0.25, 0.3) is 0 Å². The van der Waals surface area contributed by atoms with Gasteiger partial charge in [-0.2, -0.15) is 0 Å². The van der Waals surface area contributed by atoms with E-state index in [0.717, 1.165) is 30.0 Å². The van der Waals surface area contributed by atoms with Gasteiger partial charge in [-0.3, -0.25) is 9.20 Å². The minimum atomic E-state index is -0.945. The van der Waals surface area contributed by atoms with E-state index in [4.69, 9.17) is 16.6 Å². The first-order valence-corrected chi connectivity index (χ1v) is 14.8. The van der Waals surface area contributed by atoms with Crippen LogP contribution < -0.4 is 0 Å². The van der Waals surface area contributed by atoms with E-state index in [2.05, 4.69) is 0 Å². The summed E-state index contributed by atoms with van der Waals surface area (Å²) in [4.78, 5) is 19.9. The van der Waals surface area contributed by atoms with Crippen LogP contribution in [0.25, 0.3) is 50.0 Å². The first-order valence-electron chi connectivity index (χ1n) is 14.4. The minimum absolute atomic E-state index is 0.129. The van der Waals surface area contributed by atoms with Crippen molar-refractivity contribution in [3.05, 3.63) is 130 Å². The molecule has 4 aromatic carbocycles. The summed E-state index contributed by atoms with van der Waals surface area (Å²) in [7, 11) is 0. The summed E-state index contributed by atoms with van der Waals surface area (Å²) in [5.41, 5.74) is 6.12. The smallest absolute Gasteiger partial charge is 0.211 e. The highest BCUT2D eigenvalue weighted by molar-refractivity contribution is 6.30. The van der Waals surface area contributed by atoms with Crippen molar-refractivity contribution in [2.24, 2.45) is 0 Å². The average Bonchev–Trinajstić information content (AvgIpc) is 3.44. The molecule has 0 radical (unpaired) electrons. The lowest BCUT2D eigenvalue weighted by Gasteiger charge is -2.12. The van der Waals surface area contributed by atoms with Crippen LogP contribution in [-0.4, -0.2) is 19.7 Å². The number of pyridine rings is 1. The highest BCUT2D eigenvalue weighted by Crippen LogP contribution is 2.42. The predicted molar refractivity (Wildman–Crippen MR) is 167 cm³/mol. The minimum Gasteiger partial charge on any atom is -0.323 e. The molecule has 0 saturated carbocycles. The number of benzene rings is 4. The summed E-state index contributed by atoms with van der Waals surface area (Å²) in [5, 5.41) is 1.24. The van der Waals surface area contributed by atoms with E-state index in [-0.39, 0.29) is 11.3 Å². The van der Waals surface area contributed by atoms with Crippen molar-refractivity contribution >= 4 is 45.0 Å². The number of aryl methyl sites for hydroxylation is 2. The zero-order valence-electron chi connectivity index (χ0n) is 23.3. The van der Waals surface area contributed by atoms with Gasteiger partial charge in [-0.1, -0.05) is 54.1 Å². The Morgan fingerprint density at radius 2 is 1.59 bits per heavy atom. The van der Waals surface area contributed by atoms with Crippen molar-refractivity contribution in [3.8, 4) is 22.4 Å². The maximum atomic E-state index is 15.5. The van der Waals surface area contributed by atoms with Crippen LogP contribution in [0, 0.1) is 17.5 Å². The van der Waals surface area contributed by atoms with Gasteiger partial charge in [-0.15, -0.1) is 0 Å². The molecule has 0 amide bonds. The SMILES string of the molecule is O=C(c1cc(-c2ccc(Cl)cc2)nc2ccccc12)c1c(-c2ccc(F)cc2)c2c3n(c4c(F)c(F)ccc4n13)CCCC2. The molecule has 0 atom stereocenters. The van der Waals surface area contributed by atoms with E-state index in [1.165, 1.54) is 18.2 Å². The summed E-state index contributed by atoms with van der Waals surface area (Å²) in [6.07, 6.45) is 2.17. The molecule has 7 aromatic rings. The van der Waals surface area contributed by atoms with Crippen LogP contribution in [0.5, 0.6) is 0 Å². The lowest BCUT2D eigenvalue weighted by Crippen LogP contribution is -2.09. The second kappa shape index (κ2) is 10.1. The third kappa shape index (κ3) is 3.99. The number of imidazole rings is 1. The lowest BCUT2D eigenvalue weighted by molar-refractivity contribution is 0.103. The quantitative estimate of drug-likeness (QED) is 0.188. The topological polar surface area (TPSA) is 39.3 Å². The first-order chi connectivity index (χ1) is 21.4. The molecule has 8 rings (SSSR count). The fourth-order valence-electron chi connectivity index (χ4n) is 6.63. The van der Waals surface area contributed by atoms with E-state index in [9.17, 15) is 8.78 Å². The summed E-state index contributed by atoms with van der Waals surface area (Å²) in [6, 6.07) is 25.1. The number of halogens is 4. The Bertz CT molecular complexity index is 2290. The standard InChI is InChI=1S/C36H23ClF3N3O/c37-22-12-8-20(9-13-22)29-19-26(24-5-1-2-7-28(24)41-29)35(44)34-31(21-10-14-23(38)15-11-21)25-6-3-4-18-42-33-30(43(34)36(25)42)17-16-27(39)32(33)40/h1-2,5,7-17,19H,3-4,6,18H2. The van der Waals surface area contributed by atoms with Gasteiger partial charge >= 0.3 is 0 Å². The lowest BCUT2D eigenvalue weighted by atomic mass is 9.93. The fraction of sp³-hybridized carbons (Fsp3) is 0.111. The molecule has 216 valence electrons. The van der Waals surface area contributed by atoms with Crippen molar-refractivity contribution in [3.63, 3.8) is 0 Å². The fourth-order valence-corrected chi connectivity index (χ4v) is 6.75. The molecule has 4 heterocycles. The number of ketones is 1. The number of para-hydroxylation sites is 1. The van der Waals surface area contributed by atoms with Crippen LogP contribution in [0.1, 0.15) is 34.5 Å². The van der Waals surface area contributed by atoms with E-state index < -0.39 is 17.5 Å².